The minimum atomic E-state index is -0.591. The summed E-state index contributed by atoms with van der Waals surface area (Å²) >= 11 is 0. The molecule has 1 heterocycles. The summed E-state index contributed by atoms with van der Waals surface area (Å²) in [7, 11) is 0. The fraction of sp³-hybridized carbons (Fsp3) is 0.364. The minimum Gasteiger partial charge on any atom is -0.481 e. The van der Waals surface area contributed by atoms with Crippen molar-refractivity contribution in [1.82, 2.24) is 9.80 Å². The molecule has 1 atom stereocenters. The molecule has 0 N–H and O–H groups in total. The van der Waals surface area contributed by atoms with Crippen LogP contribution >= 0.6 is 0 Å². The first kappa shape index (κ1) is 20.0. The van der Waals surface area contributed by atoms with Gasteiger partial charge in [-0.1, -0.05) is 6.92 Å². The van der Waals surface area contributed by atoms with E-state index < -0.39 is 6.10 Å². The van der Waals surface area contributed by atoms with E-state index in [1.165, 1.54) is 24.3 Å². The number of rotatable bonds is 6. The molecule has 0 radical (unpaired) electrons. The Labute approximate surface area is 164 Å². The Kier molecular flexibility index (Phi) is 6.41. The minimum absolute atomic E-state index is 0.0257. The predicted octanol–water partition coefficient (Wildman–Crippen LogP) is 2.99. The lowest BCUT2D eigenvalue weighted by atomic mass is 10.0. The van der Waals surface area contributed by atoms with E-state index in [0.717, 1.165) is 19.6 Å². The summed E-state index contributed by atoms with van der Waals surface area (Å²) in [5, 5.41) is 0. The molecule has 2 aromatic rings. The number of halogens is 1. The summed E-state index contributed by atoms with van der Waals surface area (Å²) in [6.45, 7) is 8.05. The molecule has 3 rings (SSSR count). The summed E-state index contributed by atoms with van der Waals surface area (Å²) in [6, 6.07) is 12.1. The van der Waals surface area contributed by atoms with Crippen LogP contribution in [0.4, 0.5) is 4.39 Å². The zero-order valence-electron chi connectivity index (χ0n) is 16.2. The van der Waals surface area contributed by atoms with Crippen molar-refractivity contribution in [2.45, 2.75) is 20.0 Å². The summed E-state index contributed by atoms with van der Waals surface area (Å²) in [5.74, 6) is -0.0644. The molecular formula is C22H25FN2O3. The third-order valence-corrected chi connectivity index (χ3v) is 5.01. The highest BCUT2D eigenvalue weighted by atomic mass is 19.1. The van der Waals surface area contributed by atoms with Crippen molar-refractivity contribution in [3.8, 4) is 5.75 Å². The smallest absolute Gasteiger partial charge is 0.263 e. The van der Waals surface area contributed by atoms with Crippen LogP contribution in [-0.2, 0) is 4.79 Å². The van der Waals surface area contributed by atoms with Gasteiger partial charge in [-0.25, -0.2) is 4.39 Å². The van der Waals surface area contributed by atoms with E-state index in [-0.39, 0.29) is 17.5 Å². The number of ether oxygens (including phenoxy) is 1. The monoisotopic (exact) mass is 384 g/mol. The highest BCUT2D eigenvalue weighted by Crippen LogP contribution is 2.18. The van der Waals surface area contributed by atoms with Gasteiger partial charge in [0.2, 0.25) is 0 Å². The van der Waals surface area contributed by atoms with E-state index in [9.17, 15) is 14.0 Å². The standard InChI is InChI=1S/C22H25FN2O3/c1-3-24-12-14-25(15-13-24)22(27)16(2)28-20-10-6-18(7-11-20)21(26)17-4-8-19(23)9-5-17/h4-11,16H,3,12-15H2,1-2H3. The second kappa shape index (κ2) is 8.97. The van der Waals surface area contributed by atoms with Gasteiger partial charge < -0.3 is 14.5 Å². The summed E-state index contributed by atoms with van der Waals surface area (Å²) < 4.78 is 18.8. The van der Waals surface area contributed by atoms with Gasteiger partial charge >= 0.3 is 0 Å². The van der Waals surface area contributed by atoms with Gasteiger partial charge in [0.1, 0.15) is 11.6 Å². The molecule has 1 unspecified atom stereocenters. The van der Waals surface area contributed by atoms with Crippen LogP contribution in [0.25, 0.3) is 0 Å². The van der Waals surface area contributed by atoms with Crippen LogP contribution in [0, 0.1) is 5.82 Å². The van der Waals surface area contributed by atoms with Crippen molar-refractivity contribution in [2.24, 2.45) is 0 Å². The van der Waals surface area contributed by atoms with Crippen LogP contribution < -0.4 is 4.74 Å². The van der Waals surface area contributed by atoms with Crippen LogP contribution in [0.1, 0.15) is 29.8 Å². The van der Waals surface area contributed by atoms with E-state index in [0.29, 0.717) is 30.0 Å². The maximum absolute atomic E-state index is 13.0. The molecule has 5 nitrogen and oxygen atoms in total. The average molecular weight is 384 g/mol. The molecule has 1 aliphatic heterocycles. The molecule has 148 valence electrons. The quantitative estimate of drug-likeness (QED) is 0.719. The Morgan fingerprint density at radius 1 is 0.964 bits per heavy atom. The van der Waals surface area contributed by atoms with E-state index >= 15 is 0 Å². The molecule has 0 saturated carbocycles. The van der Waals surface area contributed by atoms with Gasteiger partial charge in [-0.3, -0.25) is 9.59 Å². The van der Waals surface area contributed by atoms with E-state index in [1.807, 2.05) is 4.90 Å². The summed E-state index contributed by atoms with van der Waals surface area (Å²) in [4.78, 5) is 29.2. The number of carbonyl (C=O) groups is 2. The van der Waals surface area contributed by atoms with E-state index in [2.05, 4.69) is 11.8 Å². The SMILES string of the molecule is CCN1CCN(C(=O)C(C)Oc2ccc(C(=O)c3ccc(F)cc3)cc2)CC1. The number of ketones is 1. The molecule has 0 spiro atoms. The third kappa shape index (κ3) is 4.75. The normalized spacial score (nSPS) is 15.9. The zero-order valence-corrected chi connectivity index (χ0v) is 16.2. The molecular weight excluding hydrogens is 359 g/mol. The molecule has 0 aromatic heterocycles. The fourth-order valence-electron chi connectivity index (χ4n) is 3.25. The van der Waals surface area contributed by atoms with Crippen molar-refractivity contribution in [3.63, 3.8) is 0 Å². The molecule has 0 aliphatic carbocycles. The Morgan fingerprint density at radius 2 is 1.50 bits per heavy atom. The van der Waals surface area contributed by atoms with Crippen LogP contribution in [0.3, 0.4) is 0 Å². The van der Waals surface area contributed by atoms with Gasteiger partial charge in [0.05, 0.1) is 0 Å². The third-order valence-electron chi connectivity index (χ3n) is 5.01. The number of likely N-dealkylation sites (N-methyl/N-ethyl adjacent to an activating group) is 1. The first-order valence-electron chi connectivity index (χ1n) is 9.56. The largest absolute Gasteiger partial charge is 0.481 e. The maximum Gasteiger partial charge on any atom is 0.263 e. The Balaban J connectivity index is 1.58. The first-order valence-corrected chi connectivity index (χ1v) is 9.56. The van der Waals surface area contributed by atoms with Crippen LogP contribution in [0.15, 0.2) is 48.5 Å². The van der Waals surface area contributed by atoms with Gasteiger partial charge in [0, 0.05) is 37.3 Å². The van der Waals surface area contributed by atoms with Crippen molar-refractivity contribution in [2.75, 3.05) is 32.7 Å². The molecule has 1 fully saturated rings. The van der Waals surface area contributed by atoms with Crippen molar-refractivity contribution in [1.29, 1.82) is 0 Å². The van der Waals surface area contributed by atoms with Crippen molar-refractivity contribution >= 4 is 11.7 Å². The lowest BCUT2D eigenvalue weighted by Crippen LogP contribution is -2.51. The number of benzene rings is 2. The zero-order chi connectivity index (χ0) is 20.1. The fourth-order valence-corrected chi connectivity index (χ4v) is 3.25. The Hall–Kier alpha value is -2.73. The van der Waals surface area contributed by atoms with Gasteiger partial charge in [-0.05, 0) is 62.0 Å². The number of piperazine rings is 1. The molecule has 1 amide bonds. The molecule has 0 bridgehead atoms. The van der Waals surface area contributed by atoms with Gasteiger partial charge in [-0.15, -0.1) is 0 Å². The first-order chi connectivity index (χ1) is 13.5. The topological polar surface area (TPSA) is 49.9 Å². The number of hydrogen-bond acceptors (Lipinski definition) is 4. The van der Waals surface area contributed by atoms with Crippen LogP contribution in [0.2, 0.25) is 0 Å². The van der Waals surface area contributed by atoms with E-state index in [1.54, 1.807) is 31.2 Å². The number of carbonyl (C=O) groups excluding carboxylic acids is 2. The molecule has 1 aliphatic rings. The van der Waals surface area contributed by atoms with Gasteiger partial charge in [0.15, 0.2) is 11.9 Å². The van der Waals surface area contributed by atoms with Crippen molar-refractivity contribution in [3.05, 3.63) is 65.5 Å². The highest BCUT2D eigenvalue weighted by molar-refractivity contribution is 6.09. The average Bonchev–Trinajstić information content (AvgIpc) is 2.74. The molecule has 28 heavy (non-hydrogen) atoms. The Morgan fingerprint density at radius 3 is 2.04 bits per heavy atom. The number of hydrogen-bond donors (Lipinski definition) is 0. The highest BCUT2D eigenvalue weighted by Gasteiger charge is 2.25. The van der Waals surface area contributed by atoms with Crippen molar-refractivity contribution < 1.29 is 18.7 Å². The maximum atomic E-state index is 13.0. The predicted molar refractivity (Wildman–Crippen MR) is 105 cm³/mol. The molecule has 1 saturated heterocycles. The molecule has 6 heteroatoms. The second-order valence-electron chi connectivity index (χ2n) is 6.88. The number of nitrogens with zero attached hydrogens (tertiary/aromatic N) is 2. The lowest BCUT2D eigenvalue weighted by Gasteiger charge is -2.35. The number of amides is 1. The Bertz CT molecular complexity index is 813. The second-order valence-corrected chi connectivity index (χ2v) is 6.88. The van der Waals surface area contributed by atoms with Gasteiger partial charge in [0.25, 0.3) is 5.91 Å². The van der Waals surface area contributed by atoms with E-state index in [4.69, 9.17) is 4.74 Å². The van der Waals surface area contributed by atoms with Crippen LogP contribution in [-0.4, -0.2) is 60.3 Å². The van der Waals surface area contributed by atoms with Crippen LogP contribution in [0.5, 0.6) is 5.75 Å². The molecule has 2 aromatic carbocycles. The lowest BCUT2D eigenvalue weighted by molar-refractivity contribution is -0.139. The summed E-state index contributed by atoms with van der Waals surface area (Å²) in [6.07, 6.45) is -0.591. The van der Waals surface area contributed by atoms with Gasteiger partial charge in [-0.2, -0.15) is 0 Å². The summed E-state index contributed by atoms with van der Waals surface area (Å²) in [5.41, 5.74) is 0.901.